The summed E-state index contributed by atoms with van der Waals surface area (Å²) in [6, 6.07) is 1.01. The Morgan fingerprint density at radius 2 is 1.71 bits per heavy atom. The summed E-state index contributed by atoms with van der Waals surface area (Å²) >= 11 is 0. The summed E-state index contributed by atoms with van der Waals surface area (Å²) < 4.78 is 42.4. The minimum Gasteiger partial charge on any atom is -0.469 e. The van der Waals surface area contributed by atoms with E-state index in [-0.39, 0.29) is 5.76 Å². The summed E-state index contributed by atoms with van der Waals surface area (Å²) in [5.74, 6) is 0.0768. The smallest absolute Gasteiger partial charge is 0.419 e. The molecule has 0 spiro atoms. The maximum Gasteiger partial charge on any atom is 0.419 e. The van der Waals surface area contributed by atoms with Gasteiger partial charge in [-0.2, -0.15) is 13.2 Å². The van der Waals surface area contributed by atoms with Crippen LogP contribution in [0.3, 0.4) is 0 Å². The fourth-order valence-corrected chi connectivity index (χ4v) is 1.85. The highest BCUT2D eigenvalue weighted by atomic mass is 19.4. The van der Waals surface area contributed by atoms with E-state index in [9.17, 15) is 13.2 Å². The van der Waals surface area contributed by atoms with Gasteiger partial charge in [-0.15, -0.1) is 0 Å². The maximum absolute atomic E-state index is 12.5. The molecule has 1 aromatic rings. The Balaban J connectivity index is 2.30. The number of aryl methyl sites for hydroxylation is 1. The van der Waals surface area contributed by atoms with Crippen LogP contribution in [0.25, 0.3) is 0 Å². The van der Waals surface area contributed by atoms with Crippen LogP contribution >= 0.6 is 0 Å². The van der Waals surface area contributed by atoms with Crippen molar-refractivity contribution < 1.29 is 17.6 Å². The number of rotatable bonds is 7. The number of hydrogen-bond acceptors (Lipinski definition) is 1. The molecule has 0 radical (unpaired) electrons. The van der Waals surface area contributed by atoms with Gasteiger partial charge in [-0.3, -0.25) is 0 Å². The number of unbranched alkanes of at least 4 members (excludes halogenated alkanes) is 5. The lowest BCUT2D eigenvalue weighted by Gasteiger charge is -2.06. The van der Waals surface area contributed by atoms with Gasteiger partial charge < -0.3 is 4.42 Å². The Kier molecular flexibility index (Phi) is 5.59. The molecule has 0 N–H and O–H groups in total. The van der Waals surface area contributed by atoms with Gasteiger partial charge in [0.1, 0.15) is 5.76 Å². The van der Waals surface area contributed by atoms with Gasteiger partial charge in [-0.05, 0) is 12.5 Å². The van der Waals surface area contributed by atoms with Gasteiger partial charge in [-0.1, -0.05) is 39.0 Å². The highest BCUT2D eigenvalue weighted by Crippen LogP contribution is 2.33. The summed E-state index contributed by atoms with van der Waals surface area (Å²) in [5, 5.41) is 0. The van der Waals surface area contributed by atoms with Crippen molar-refractivity contribution >= 4 is 0 Å². The topological polar surface area (TPSA) is 13.1 Å². The lowest BCUT2D eigenvalue weighted by atomic mass is 10.1. The number of alkyl halides is 3. The number of hydrogen-bond donors (Lipinski definition) is 0. The zero-order valence-corrected chi connectivity index (χ0v) is 10.1. The van der Waals surface area contributed by atoms with Crippen LogP contribution in [0.1, 0.15) is 56.8 Å². The van der Waals surface area contributed by atoms with Crippen molar-refractivity contribution in [2.45, 2.75) is 58.0 Å². The first-order valence-electron chi connectivity index (χ1n) is 6.19. The fourth-order valence-electron chi connectivity index (χ4n) is 1.85. The van der Waals surface area contributed by atoms with Gasteiger partial charge in [0.2, 0.25) is 0 Å². The summed E-state index contributed by atoms with van der Waals surface area (Å²) in [7, 11) is 0. The summed E-state index contributed by atoms with van der Waals surface area (Å²) in [4.78, 5) is 0. The van der Waals surface area contributed by atoms with Crippen LogP contribution in [0, 0.1) is 0 Å². The monoisotopic (exact) mass is 248 g/mol. The third-order valence-electron chi connectivity index (χ3n) is 2.81. The average molecular weight is 248 g/mol. The molecule has 1 heterocycles. The molecule has 17 heavy (non-hydrogen) atoms. The van der Waals surface area contributed by atoms with Gasteiger partial charge >= 0.3 is 6.18 Å². The molecule has 1 rings (SSSR count). The second-order valence-electron chi connectivity index (χ2n) is 4.27. The van der Waals surface area contributed by atoms with Crippen molar-refractivity contribution in [1.29, 1.82) is 0 Å². The van der Waals surface area contributed by atoms with E-state index in [1.54, 1.807) is 0 Å². The first kappa shape index (κ1) is 14.1. The highest BCUT2D eigenvalue weighted by Gasteiger charge is 2.34. The molecule has 4 heteroatoms. The normalized spacial score (nSPS) is 12.0. The Morgan fingerprint density at radius 1 is 1.06 bits per heavy atom. The molecule has 0 aliphatic rings. The van der Waals surface area contributed by atoms with E-state index in [2.05, 4.69) is 6.92 Å². The van der Waals surface area contributed by atoms with Crippen LogP contribution in [0.2, 0.25) is 0 Å². The second kappa shape index (κ2) is 6.72. The second-order valence-corrected chi connectivity index (χ2v) is 4.27. The lowest BCUT2D eigenvalue weighted by molar-refractivity contribution is -0.138. The molecule has 0 bridgehead atoms. The van der Waals surface area contributed by atoms with Crippen LogP contribution in [-0.2, 0) is 12.6 Å². The lowest BCUT2D eigenvalue weighted by Crippen LogP contribution is -2.06. The molecule has 0 saturated carbocycles. The van der Waals surface area contributed by atoms with Gasteiger partial charge in [0, 0.05) is 6.42 Å². The van der Waals surface area contributed by atoms with E-state index in [4.69, 9.17) is 4.42 Å². The van der Waals surface area contributed by atoms with E-state index < -0.39 is 11.7 Å². The van der Waals surface area contributed by atoms with Crippen LogP contribution < -0.4 is 0 Å². The quantitative estimate of drug-likeness (QED) is 0.604. The van der Waals surface area contributed by atoms with Crippen molar-refractivity contribution in [3.05, 3.63) is 23.7 Å². The molecule has 0 saturated heterocycles. The molecular formula is C13H19F3O. The molecule has 0 aliphatic heterocycles. The zero-order chi connectivity index (χ0) is 12.7. The first-order chi connectivity index (χ1) is 8.05. The van der Waals surface area contributed by atoms with Crippen LogP contribution in [0.4, 0.5) is 13.2 Å². The Hall–Kier alpha value is -0.930. The Morgan fingerprint density at radius 3 is 2.35 bits per heavy atom. The molecule has 98 valence electrons. The van der Waals surface area contributed by atoms with Crippen molar-refractivity contribution in [3.8, 4) is 0 Å². The van der Waals surface area contributed by atoms with Crippen LogP contribution in [0.15, 0.2) is 16.7 Å². The van der Waals surface area contributed by atoms with E-state index in [1.807, 2.05) is 0 Å². The minimum absolute atomic E-state index is 0.0768. The van der Waals surface area contributed by atoms with E-state index in [1.165, 1.54) is 19.3 Å². The zero-order valence-electron chi connectivity index (χ0n) is 10.1. The van der Waals surface area contributed by atoms with Gasteiger partial charge in [0.25, 0.3) is 0 Å². The SMILES string of the molecule is CCCCCCCCc1occc1C(F)(F)F. The van der Waals surface area contributed by atoms with Gasteiger partial charge in [-0.25, -0.2) is 0 Å². The molecule has 1 aromatic heterocycles. The van der Waals surface area contributed by atoms with Gasteiger partial charge in [0.05, 0.1) is 11.8 Å². The Labute approximate surface area is 100 Å². The standard InChI is InChI=1S/C13H19F3O/c1-2-3-4-5-6-7-8-12-11(9-10-17-12)13(14,15)16/h9-10H,2-8H2,1H3. The fraction of sp³-hybridized carbons (Fsp3) is 0.692. The van der Waals surface area contributed by atoms with Crippen molar-refractivity contribution in [2.24, 2.45) is 0 Å². The van der Waals surface area contributed by atoms with Gasteiger partial charge in [0.15, 0.2) is 0 Å². The number of furan rings is 1. The third kappa shape index (κ3) is 4.84. The van der Waals surface area contributed by atoms with E-state index in [0.29, 0.717) is 6.42 Å². The van der Waals surface area contributed by atoms with Crippen LogP contribution in [-0.4, -0.2) is 0 Å². The molecule has 1 nitrogen and oxygen atoms in total. The predicted octanol–water partition coefficient (Wildman–Crippen LogP) is 5.20. The highest BCUT2D eigenvalue weighted by molar-refractivity contribution is 5.20. The molecule has 0 fully saturated rings. The van der Waals surface area contributed by atoms with Crippen LogP contribution in [0.5, 0.6) is 0 Å². The van der Waals surface area contributed by atoms with Crippen molar-refractivity contribution in [1.82, 2.24) is 0 Å². The summed E-state index contributed by atoms with van der Waals surface area (Å²) in [5.41, 5.74) is -0.619. The van der Waals surface area contributed by atoms with E-state index in [0.717, 1.165) is 31.6 Å². The van der Waals surface area contributed by atoms with Crippen molar-refractivity contribution in [2.75, 3.05) is 0 Å². The number of halogens is 3. The molecule has 0 amide bonds. The first-order valence-corrected chi connectivity index (χ1v) is 6.19. The largest absolute Gasteiger partial charge is 0.469 e. The Bertz CT molecular complexity index is 315. The molecule has 0 atom stereocenters. The third-order valence-corrected chi connectivity index (χ3v) is 2.81. The molecule has 0 aromatic carbocycles. The predicted molar refractivity (Wildman–Crippen MR) is 60.8 cm³/mol. The summed E-state index contributed by atoms with van der Waals surface area (Å²) in [6.07, 6.45) is 3.59. The molecule has 0 aliphatic carbocycles. The molecule has 0 unspecified atom stereocenters. The average Bonchev–Trinajstić information content (AvgIpc) is 2.71. The summed E-state index contributed by atoms with van der Waals surface area (Å²) in [6.45, 7) is 2.14. The maximum atomic E-state index is 12.5. The molecular weight excluding hydrogens is 229 g/mol. The van der Waals surface area contributed by atoms with Crippen molar-refractivity contribution in [3.63, 3.8) is 0 Å². The minimum atomic E-state index is -4.29. The van der Waals surface area contributed by atoms with E-state index >= 15 is 0 Å².